The third-order valence-electron chi connectivity index (χ3n) is 2.97. The van der Waals surface area contributed by atoms with Crippen molar-refractivity contribution in [1.29, 1.82) is 0 Å². The number of nitro groups is 1. The van der Waals surface area contributed by atoms with Gasteiger partial charge in [-0.25, -0.2) is 0 Å². The first-order valence-electron chi connectivity index (χ1n) is 5.70. The summed E-state index contributed by atoms with van der Waals surface area (Å²) in [6.07, 6.45) is 1.05. The molecule has 1 aliphatic heterocycles. The fourth-order valence-electron chi connectivity index (χ4n) is 2.02. The van der Waals surface area contributed by atoms with Gasteiger partial charge in [-0.15, -0.1) is 5.10 Å². The number of hydrogen-bond donors (Lipinski definition) is 1. The number of rotatable bonds is 3. The summed E-state index contributed by atoms with van der Waals surface area (Å²) in [5.41, 5.74) is -0.0251. The number of nitrogens with zero attached hydrogens (tertiary/aromatic N) is 4. The maximum Gasteiger partial charge on any atom is 0.330 e. The maximum atomic E-state index is 11.0. The quantitative estimate of drug-likeness (QED) is 0.600. The Balaban J connectivity index is 2.31. The van der Waals surface area contributed by atoms with Crippen LogP contribution in [0.3, 0.4) is 0 Å². The molecule has 0 radical (unpaired) electrons. The van der Waals surface area contributed by atoms with Crippen molar-refractivity contribution in [1.82, 2.24) is 9.78 Å². The molecule has 0 bridgehead atoms. The molecule has 100 valence electrons. The predicted molar refractivity (Wildman–Crippen MR) is 63.5 cm³/mol. The number of aliphatic hydroxyl groups is 1. The molecule has 1 aromatic heterocycles. The Hall–Kier alpha value is -1.67. The summed E-state index contributed by atoms with van der Waals surface area (Å²) in [6, 6.07) is -0.0126. The summed E-state index contributed by atoms with van der Waals surface area (Å²) < 4.78 is 6.82. The van der Waals surface area contributed by atoms with Gasteiger partial charge in [0.15, 0.2) is 0 Å². The van der Waals surface area contributed by atoms with E-state index in [1.165, 1.54) is 10.9 Å². The Kier molecular flexibility index (Phi) is 3.48. The second-order valence-corrected chi connectivity index (χ2v) is 4.41. The van der Waals surface area contributed by atoms with E-state index in [0.717, 1.165) is 0 Å². The molecule has 0 amide bonds. The highest BCUT2D eigenvalue weighted by Crippen LogP contribution is 2.29. The van der Waals surface area contributed by atoms with Crippen LogP contribution in [0.5, 0.6) is 0 Å². The molecule has 2 unspecified atom stereocenters. The van der Waals surface area contributed by atoms with Crippen LogP contribution in [0.2, 0.25) is 0 Å². The number of aliphatic hydroxyl groups excluding tert-OH is 1. The summed E-state index contributed by atoms with van der Waals surface area (Å²) in [6.45, 7) is 2.62. The van der Waals surface area contributed by atoms with Crippen LogP contribution < -0.4 is 4.90 Å². The van der Waals surface area contributed by atoms with Crippen LogP contribution in [0.1, 0.15) is 6.92 Å². The van der Waals surface area contributed by atoms with Gasteiger partial charge in [0.05, 0.1) is 30.3 Å². The lowest BCUT2D eigenvalue weighted by atomic mass is 10.2. The fourth-order valence-corrected chi connectivity index (χ4v) is 2.02. The molecule has 2 atom stereocenters. The van der Waals surface area contributed by atoms with Gasteiger partial charge in [-0.2, -0.15) is 0 Å². The lowest BCUT2D eigenvalue weighted by Gasteiger charge is -2.37. The van der Waals surface area contributed by atoms with E-state index >= 15 is 0 Å². The zero-order chi connectivity index (χ0) is 13.3. The van der Waals surface area contributed by atoms with E-state index in [1.54, 1.807) is 7.05 Å². The fraction of sp³-hybridized carbons (Fsp3) is 0.700. The monoisotopic (exact) mass is 256 g/mol. The molecular weight excluding hydrogens is 240 g/mol. The zero-order valence-corrected chi connectivity index (χ0v) is 10.3. The van der Waals surface area contributed by atoms with Gasteiger partial charge in [0.1, 0.15) is 6.20 Å². The number of ether oxygens (including phenoxy) is 1. The molecule has 0 saturated carbocycles. The second kappa shape index (κ2) is 4.91. The first-order valence-corrected chi connectivity index (χ1v) is 5.70. The van der Waals surface area contributed by atoms with Gasteiger partial charge in [0, 0.05) is 13.6 Å². The molecule has 1 fully saturated rings. The van der Waals surface area contributed by atoms with Crippen molar-refractivity contribution >= 4 is 11.5 Å². The molecular formula is C10H16N4O4. The Morgan fingerprint density at radius 1 is 1.72 bits per heavy atom. The van der Waals surface area contributed by atoms with Crippen molar-refractivity contribution in [2.75, 3.05) is 24.7 Å². The highest BCUT2D eigenvalue weighted by atomic mass is 16.6. The highest BCUT2D eigenvalue weighted by molar-refractivity contribution is 5.57. The van der Waals surface area contributed by atoms with Gasteiger partial charge in [0.25, 0.3) is 0 Å². The highest BCUT2D eigenvalue weighted by Gasteiger charge is 2.32. The van der Waals surface area contributed by atoms with Crippen LogP contribution in [-0.2, 0) is 11.8 Å². The molecule has 1 saturated heterocycles. The summed E-state index contributed by atoms with van der Waals surface area (Å²) in [7, 11) is 1.64. The number of hydrogen-bond acceptors (Lipinski definition) is 6. The van der Waals surface area contributed by atoms with Gasteiger partial charge >= 0.3 is 5.69 Å². The molecule has 8 heteroatoms. The SMILES string of the molecule is CC1COC(CO)CN1c1nn(C)cc1[N+](=O)[O-]. The summed E-state index contributed by atoms with van der Waals surface area (Å²) in [5.74, 6) is 0.330. The predicted octanol–water partition coefficient (Wildman–Crippen LogP) is -0.0857. The Labute approximate surface area is 104 Å². The van der Waals surface area contributed by atoms with E-state index in [-0.39, 0.29) is 24.4 Å². The average molecular weight is 256 g/mol. The first kappa shape index (κ1) is 12.8. The minimum absolute atomic E-state index is 0.0126. The van der Waals surface area contributed by atoms with E-state index in [0.29, 0.717) is 19.0 Å². The Bertz CT molecular complexity index is 447. The molecule has 1 aromatic rings. The summed E-state index contributed by atoms with van der Waals surface area (Å²) >= 11 is 0. The van der Waals surface area contributed by atoms with E-state index in [9.17, 15) is 10.1 Å². The zero-order valence-electron chi connectivity index (χ0n) is 10.3. The number of aryl methyl sites for hydroxylation is 1. The third kappa shape index (κ3) is 2.29. The smallest absolute Gasteiger partial charge is 0.330 e. The van der Waals surface area contributed by atoms with Crippen LogP contribution in [-0.4, -0.2) is 51.7 Å². The van der Waals surface area contributed by atoms with Crippen molar-refractivity contribution in [2.45, 2.75) is 19.1 Å². The van der Waals surface area contributed by atoms with Crippen LogP contribution in [0.4, 0.5) is 11.5 Å². The Morgan fingerprint density at radius 3 is 3.06 bits per heavy atom. The second-order valence-electron chi connectivity index (χ2n) is 4.41. The normalized spacial score (nSPS) is 24.3. The standard InChI is InChI=1S/C10H16N4O4/c1-7-6-18-8(5-15)3-13(7)10-9(14(16)17)4-12(2)11-10/h4,7-8,15H,3,5-6H2,1-2H3. The molecule has 0 spiro atoms. The van der Waals surface area contributed by atoms with Crippen molar-refractivity contribution in [3.05, 3.63) is 16.3 Å². The number of aromatic nitrogens is 2. The van der Waals surface area contributed by atoms with Crippen molar-refractivity contribution in [3.63, 3.8) is 0 Å². The molecule has 18 heavy (non-hydrogen) atoms. The van der Waals surface area contributed by atoms with Gasteiger partial charge in [-0.05, 0) is 6.92 Å². The van der Waals surface area contributed by atoms with Gasteiger partial charge in [-0.3, -0.25) is 14.8 Å². The molecule has 2 rings (SSSR count). The van der Waals surface area contributed by atoms with Crippen LogP contribution in [0.15, 0.2) is 6.20 Å². The van der Waals surface area contributed by atoms with E-state index in [1.807, 2.05) is 11.8 Å². The van der Waals surface area contributed by atoms with E-state index in [4.69, 9.17) is 9.84 Å². The summed E-state index contributed by atoms with van der Waals surface area (Å²) in [4.78, 5) is 12.3. The van der Waals surface area contributed by atoms with Crippen molar-refractivity contribution in [3.8, 4) is 0 Å². The molecule has 0 aromatic carbocycles. The summed E-state index contributed by atoms with van der Waals surface area (Å²) in [5, 5.41) is 24.2. The molecule has 1 N–H and O–H groups in total. The number of anilines is 1. The lowest BCUT2D eigenvalue weighted by molar-refractivity contribution is -0.384. The Morgan fingerprint density at radius 2 is 2.44 bits per heavy atom. The molecule has 0 aliphatic carbocycles. The van der Waals surface area contributed by atoms with E-state index in [2.05, 4.69) is 5.10 Å². The largest absolute Gasteiger partial charge is 0.394 e. The van der Waals surface area contributed by atoms with Gasteiger partial charge < -0.3 is 14.7 Å². The molecule has 2 heterocycles. The van der Waals surface area contributed by atoms with Gasteiger partial charge in [-0.1, -0.05) is 0 Å². The van der Waals surface area contributed by atoms with Crippen molar-refractivity contribution in [2.24, 2.45) is 7.05 Å². The van der Waals surface area contributed by atoms with Crippen molar-refractivity contribution < 1.29 is 14.8 Å². The molecule has 1 aliphatic rings. The average Bonchev–Trinajstić information content (AvgIpc) is 2.72. The van der Waals surface area contributed by atoms with E-state index < -0.39 is 4.92 Å². The minimum atomic E-state index is -0.446. The van der Waals surface area contributed by atoms with Crippen LogP contribution >= 0.6 is 0 Å². The third-order valence-corrected chi connectivity index (χ3v) is 2.97. The maximum absolute atomic E-state index is 11.0. The van der Waals surface area contributed by atoms with Crippen LogP contribution in [0, 0.1) is 10.1 Å². The van der Waals surface area contributed by atoms with Crippen LogP contribution in [0.25, 0.3) is 0 Å². The topological polar surface area (TPSA) is 93.7 Å². The number of morpholine rings is 1. The minimum Gasteiger partial charge on any atom is -0.394 e. The molecule has 8 nitrogen and oxygen atoms in total. The van der Waals surface area contributed by atoms with Gasteiger partial charge in [0.2, 0.25) is 5.82 Å². The lowest BCUT2D eigenvalue weighted by Crippen LogP contribution is -2.50. The first-order chi connectivity index (χ1) is 8.52.